The van der Waals surface area contributed by atoms with Gasteiger partial charge < -0.3 is 9.80 Å². The van der Waals surface area contributed by atoms with Crippen molar-refractivity contribution in [2.24, 2.45) is 0 Å². The van der Waals surface area contributed by atoms with Crippen LogP contribution in [0.3, 0.4) is 0 Å². The number of ketones is 1. The standard InChI is InChI=1S/C24H19F3N2O2/c25-18-4-1-3-17(15-18)23(30)16-7-9-19(10-8-16)28-11-13-29(14-12-28)24(31)22-20(26)5-2-6-21(22)27/h1-10,15H,11-14H2. The Morgan fingerprint density at radius 3 is 1.94 bits per heavy atom. The van der Waals surface area contributed by atoms with Gasteiger partial charge in [0.1, 0.15) is 23.0 Å². The van der Waals surface area contributed by atoms with E-state index in [0.29, 0.717) is 31.7 Å². The average Bonchev–Trinajstić information content (AvgIpc) is 2.78. The number of benzene rings is 3. The second-order valence-electron chi connectivity index (χ2n) is 7.26. The quantitative estimate of drug-likeness (QED) is 0.587. The molecular formula is C24H19F3N2O2. The highest BCUT2D eigenvalue weighted by Crippen LogP contribution is 2.21. The number of rotatable bonds is 4. The normalized spacial score (nSPS) is 13.9. The van der Waals surface area contributed by atoms with Crippen LogP contribution in [0.2, 0.25) is 0 Å². The van der Waals surface area contributed by atoms with Crippen molar-refractivity contribution < 1.29 is 22.8 Å². The van der Waals surface area contributed by atoms with E-state index < -0.39 is 28.9 Å². The lowest BCUT2D eigenvalue weighted by molar-refractivity contribution is 0.0736. The highest BCUT2D eigenvalue weighted by Gasteiger charge is 2.26. The van der Waals surface area contributed by atoms with Crippen LogP contribution in [-0.2, 0) is 0 Å². The summed E-state index contributed by atoms with van der Waals surface area (Å²) in [5.74, 6) is -3.14. The smallest absolute Gasteiger partial charge is 0.259 e. The molecule has 0 aliphatic carbocycles. The van der Waals surface area contributed by atoms with Crippen molar-refractivity contribution in [3.05, 3.63) is 101 Å². The molecule has 0 atom stereocenters. The van der Waals surface area contributed by atoms with Crippen molar-refractivity contribution in [2.75, 3.05) is 31.1 Å². The lowest BCUT2D eigenvalue weighted by Crippen LogP contribution is -2.49. The molecular weight excluding hydrogens is 405 g/mol. The molecule has 1 heterocycles. The second-order valence-corrected chi connectivity index (χ2v) is 7.26. The molecule has 0 spiro atoms. The maximum Gasteiger partial charge on any atom is 0.259 e. The molecule has 7 heteroatoms. The maximum atomic E-state index is 13.9. The lowest BCUT2D eigenvalue weighted by Gasteiger charge is -2.36. The van der Waals surface area contributed by atoms with Crippen LogP contribution in [-0.4, -0.2) is 42.8 Å². The Balaban J connectivity index is 1.41. The molecule has 1 saturated heterocycles. The van der Waals surface area contributed by atoms with Gasteiger partial charge in [0.2, 0.25) is 0 Å². The van der Waals surface area contributed by atoms with E-state index in [2.05, 4.69) is 0 Å². The molecule has 158 valence electrons. The molecule has 1 amide bonds. The van der Waals surface area contributed by atoms with Gasteiger partial charge in [-0.15, -0.1) is 0 Å². The number of hydrogen-bond donors (Lipinski definition) is 0. The fourth-order valence-electron chi connectivity index (χ4n) is 3.65. The van der Waals surface area contributed by atoms with Crippen LogP contribution < -0.4 is 4.90 Å². The van der Waals surface area contributed by atoms with Crippen molar-refractivity contribution in [1.29, 1.82) is 0 Å². The largest absolute Gasteiger partial charge is 0.368 e. The number of nitrogens with zero attached hydrogens (tertiary/aromatic N) is 2. The molecule has 1 fully saturated rings. The summed E-state index contributed by atoms with van der Waals surface area (Å²) in [6, 6.07) is 15.8. The Kier molecular flexibility index (Phi) is 5.75. The molecule has 0 unspecified atom stereocenters. The summed E-state index contributed by atoms with van der Waals surface area (Å²) >= 11 is 0. The van der Waals surface area contributed by atoms with Crippen molar-refractivity contribution in [3.8, 4) is 0 Å². The number of hydrogen-bond acceptors (Lipinski definition) is 3. The van der Waals surface area contributed by atoms with Gasteiger partial charge in [0.05, 0.1) is 0 Å². The zero-order valence-electron chi connectivity index (χ0n) is 16.5. The van der Waals surface area contributed by atoms with Gasteiger partial charge in [-0.25, -0.2) is 13.2 Å². The average molecular weight is 424 g/mol. The van der Waals surface area contributed by atoms with Crippen molar-refractivity contribution >= 4 is 17.4 Å². The van der Waals surface area contributed by atoms with E-state index in [4.69, 9.17) is 0 Å². The van der Waals surface area contributed by atoms with E-state index in [1.807, 2.05) is 4.90 Å². The monoisotopic (exact) mass is 424 g/mol. The van der Waals surface area contributed by atoms with E-state index in [-0.39, 0.29) is 11.3 Å². The van der Waals surface area contributed by atoms with Crippen LogP contribution >= 0.6 is 0 Å². The lowest BCUT2D eigenvalue weighted by atomic mass is 10.0. The van der Waals surface area contributed by atoms with Crippen molar-refractivity contribution in [1.82, 2.24) is 4.90 Å². The molecule has 0 aromatic heterocycles. The van der Waals surface area contributed by atoms with E-state index >= 15 is 0 Å². The third-order valence-electron chi connectivity index (χ3n) is 5.32. The first kappa shape index (κ1) is 20.7. The highest BCUT2D eigenvalue weighted by atomic mass is 19.1. The molecule has 1 aliphatic rings. The summed E-state index contributed by atoms with van der Waals surface area (Å²) in [5.41, 5.74) is 1.05. The number of carbonyl (C=O) groups excluding carboxylic acids is 2. The number of anilines is 1. The first-order valence-electron chi connectivity index (χ1n) is 9.82. The predicted octanol–water partition coefficient (Wildman–Crippen LogP) is 4.30. The zero-order chi connectivity index (χ0) is 22.0. The number of carbonyl (C=O) groups is 2. The number of amides is 1. The maximum absolute atomic E-state index is 13.9. The molecule has 4 nitrogen and oxygen atoms in total. The fraction of sp³-hybridized carbons (Fsp3) is 0.167. The topological polar surface area (TPSA) is 40.6 Å². The van der Waals surface area contributed by atoms with Crippen LogP contribution in [0.5, 0.6) is 0 Å². The fourth-order valence-corrected chi connectivity index (χ4v) is 3.65. The molecule has 3 aromatic carbocycles. The molecule has 0 saturated carbocycles. The first-order valence-corrected chi connectivity index (χ1v) is 9.82. The second kappa shape index (κ2) is 8.63. The van der Waals surface area contributed by atoms with Crippen LogP contribution in [0, 0.1) is 17.5 Å². The minimum absolute atomic E-state index is 0.270. The molecule has 4 rings (SSSR count). The highest BCUT2D eigenvalue weighted by molar-refractivity contribution is 6.09. The van der Waals surface area contributed by atoms with Crippen molar-refractivity contribution in [3.63, 3.8) is 0 Å². The van der Waals surface area contributed by atoms with Gasteiger partial charge in [-0.05, 0) is 48.5 Å². The molecule has 3 aromatic rings. The van der Waals surface area contributed by atoms with Crippen LogP contribution in [0.15, 0.2) is 66.7 Å². The molecule has 0 radical (unpaired) electrons. The van der Waals surface area contributed by atoms with E-state index in [9.17, 15) is 22.8 Å². The Morgan fingerprint density at radius 1 is 0.710 bits per heavy atom. The molecule has 0 bridgehead atoms. The summed E-state index contributed by atoms with van der Waals surface area (Å²) in [6.07, 6.45) is 0. The van der Waals surface area contributed by atoms with Crippen LogP contribution in [0.4, 0.5) is 18.9 Å². The SMILES string of the molecule is O=C(c1ccc(N2CCN(C(=O)c3c(F)cccc3F)CC2)cc1)c1cccc(F)c1. The Morgan fingerprint density at radius 2 is 1.32 bits per heavy atom. The van der Waals surface area contributed by atoms with Gasteiger partial charge in [0, 0.05) is 43.0 Å². The summed E-state index contributed by atoms with van der Waals surface area (Å²) < 4.78 is 41.2. The third kappa shape index (κ3) is 4.30. The summed E-state index contributed by atoms with van der Waals surface area (Å²) in [5, 5.41) is 0. The van der Waals surface area contributed by atoms with E-state index in [1.165, 1.54) is 29.2 Å². The van der Waals surface area contributed by atoms with Gasteiger partial charge >= 0.3 is 0 Å². The zero-order valence-corrected chi connectivity index (χ0v) is 16.5. The summed E-state index contributed by atoms with van der Waals surface area (Å²) in [4.78, 5) is 28.5. The van der Waals surface area contributed by atoms with Gasteiger partial charge in [0.15, 0.2) is 5.78 Å². The third-order valence-corrected chi connectivity index (χ3v) is 5.32. The van der Waals surface area contributed by atoms with Gasteiger partial charge in [-0.2, -0.15) is 0 Å². The van der Waals surface area contributed by atoms with E-state index in [1.54, 1.807) is 30.3 Å². The molecule has 0 N–H and O–H groups in total. The summed E-state index contributed by atoms with van der Waals surface area (Å²) in [7, 11) is 0. The van der Waals surface area contributed by atoms with Crippen LogP contribution in [0.1, 0.15) is 26.3 Å². The van der Waals surface area contributed by atoms with Gasteiger partial charge in [-0.1, -0.05) is 18.2 Å². The number of piperazine rings is 1. The minimum atomic E-state index is -0.869. The predicted molar refractivity (Wildman–Crippen MR) is 111 cm³/mol. The Bertz CT molecular complexity index is 1100. The van der Waals surface area contributed by atoms with Crippen molar-refractivity contribution in [2.45, 2.75) is 0 Å². The van der Waals surface area contributed by atoms with Gasteiger partial charge in [0.25, 0.3) is 5.91 Å². The van der Waals surface area contributed by atoms with Crippen LogP contribution in [0.25, 0.3) is 0 Å². The number of halogens is 3. The van der Waals surface area contributed by atoms with Gasteiger partial charge in [-0.3, -0.25) is 9.59 Å². The first-order chi connectivity index (χ1) is 14.9. The molecule has 1 aliphatic heterocycles. The van der Waals surface area contributed by atoms with E-state index in [0.717, 1.165) is 17.8 Å². The Labute approximate surface area is 177 Å². The molecule has 31 heavy (non-hydrogen) atoms. The minimum Gasteiger partial charge on any atom is -0.368 e. The Hall–Kier alpha value is -3.61. The summed E-state index contributed by atoms with van der Waals surface area (Å²) in [6.45, 7) is 1.60.